The van der Waals surface area contributed by atoms with E-state index in [0.717, 1.165) is 61.0 Å². The van der Waals surface area contributed by atoms with Gasteiger partial charge in [0.2, 0.25) is 5.91 Å². The maximum atomic E-state index is 13.1. The zero-order valence-electron chi connectivity index (χ0n) is 19.0. The molecule has 1 aromatic heterocycles. The Morgan fingerprint density at radius 2 is 1.81 bits per heavy atom. The number of rotatable bonds is 5. The Kier molecular flexibility index (Phi) is 5.58. The second kappa shape index (κ2) is 8.56. The molecule has 4 bridgehead atoms. The van der Waals surface area contributed by atoms with E-state index in [1.807, 2.05) is 4.90 Å². The van der Waals surface area contributed by atoms with Gasteiger partial charge in [-0.3, -0.25) is 4.79 Å². The highest BCUT2D eigenvalue weighted by Crippen LogP contribution is 2.55. The smallest absolute Gasteiger partial charge is 0.226 e. The second-order valence-corrected chi connectivity index (χ2v) is 10.9. The number of hydrogen-bond acceptors (Lipinski definition) is 6. The maximum Gasteiger partial charge on any atom is 0.226 e. The van der Waals surface area contributed by atoms with Gasteiger partial charge in [-0.15, -0.1) is 0 Å². The molecule has 1 aromatic rings. The molecule has 32 heavy (non-hydrogen) atoms. The summed E-state index contributed by atoms with van der Waals surface area (Å²) in [6.45, 7) is 3.48. The Bertz CT molecular complexity index is 828. The van der Waals surface area contributed by atoms with Crippen LogP contribution in [0.5, 0.6) is 0 Å². The van der Waals surface area contributed by atoms with Gasteiger partial charge in [0.1, 0.15) is 12.1 Å². The third kappa shape index (κ3) is 3.61. The lowest BCUT2D eigenvalue weighted by Crippen LogP contribution is -2.57. The predicted octanol–water partition coefficient (Wildman–Crippen LogP) is 2.41. The zero-order valence-corrected chi connectivity index (χ0v) is 19.0. The number of ether oxygens (including phenoxy) is 1. The minimum atomic E-state index is 0.0885. The summed E-state index contributed by atoms with van der Waals surface area (Å²) >= 11 is 0. The molecule has 3 heterocycles. The molecule has 0 atom stereocenters. The van der Waals surface area contributed by atoms with Crippen molar-refractivity contribution in [1.82, 2.24) is 14.9 Å². The Morgan fingerprint density at radius 1 is 1.09 bits per heavy atom. The summed E-state index contributed by atoms with van der Waals surface area (Å²) in [7, 11) is 0. The van der Waals surface area contributed by atoms with Crippen molar-refractivity contribution in [2.45, 2.75) is 64.0 Å². The first-order valence-corrected chi connectivity index (χ1v) is 12.8. The molecule has 5 fully saturated rings. The summed E-state index contributed by atoms with van der Waals surface area (Å²) in [5.74, 6) is 4.69. The number of aliphatic hydroxyl groups excluding tert-OH is 1. The van der Waals surface area contributed by atoms with E-state index in [0.29, 0.717) is 32.3 Å². The number of anilines is 1. The number of aromatic nitrogens is 2. The van der Waals surface area contributed by atoms with Gasteiger partial charge in [0.05, 0.1) is 18.8 Å². The van der Waals surface area contributed by atoms with Crippen molar-refractivity contribution in [3.05, 3.63) is 17.6 Å². The summed E-state index contributed by atoms with van der Waals surface area (Å²) in [6, 6.07) is 0.496. The molecule has 0 aromatic carbocycles. The first-order chi connectivity index (χ1) is 15.7. The zero-order chi connectivity index (χ0) is 21.7. The molecule has 0 unspecified atom stereocenters. The molecule has 7 nitrogen and oxygen atoms in total. The molecule has 7 heteroatoms. The van der Waals surface area contributed by atoms with Gasteiger partial charge in [0.25, 0.3) is 0 Å². The Balaban J connectivity index is 1.25. The van der Waals surface area contributed by atoms with Crippen LogP contribution in [-0.2, 0) is 22.5 Å². The van der Waals surface area contributed by atoms with Crippen LogP contribution in [0.1, 0.15) is 56.2 Å². The van der Waals surface area contributed by atoms with Crippen LogP contribution < -0.4 is 4.90 Å². The lowest BCUT2D eigenvalue weighted by atomic mass is 9.54. The van der Waals surface area contributed by atoms with Crippen molar-refractivity contribution in [2.24, 2.45) is 29.6 Å². The van der Waals surface area contributed by atoms with Crippen molar-refractivity contribution in [1.29, 1.82) is 0 Å². The molecule has 1 N–H and O–H groups in total. The molecule has 7 rings (SSSR count). The maximum absolute atomic E-state index is 13.1. The van der Waals surface area contributed by atoms with Gasteiger partial charge >= 0.3 is 0 Å². The molecule has 1 amide bonds. The van der Waals surface area contributed by atoms with Gasteiger partial charge < -0.3 is 19.6 Å². The molecular formula is C25H36N4O3. The largest absolute Gasteiger partial charge is 0.395 e. The van der Waals surface area contributed by atoms with Gasteiger partial charge in [-0.25, -0.2) is 9.97 Å². The number of fused-ring (bicyclic) bond motifs is 1. The van der Waals surface area contributed by atoms with Gasteiger partial charge in [-0.2, -0.15) is 0 Å². The lowest BCUT2D eigenvalue weighted by Gasteiger charge is -2.57. The summed E-state index contributed by atoms with van der Waals surface area (Å²) < 4.78 is 5.44. The number of aliphatic hydroxyl groups is 1. The lowest BCUT2D eigenvalue weighted by molar-refractivity contribution is -0.139. The van der Waals surface area contributed by atoms with E-state index in [2.05, 4.69) is 9.88 Å². The molecule has 0 radical (unpaired) electrons. The van der Waals surface area contributed by atoms with Crippen LogP contribution >= 0.6 is 0 Å². The Morgan fingerprint density at radius 3 is 2.50 bits per heavy atom. The van der Waals surface area contributed by atoms with Crippen LogP contribution in [0.2, 0.25) is 0 Å². The average molecular weight is 441 g/mol. The van der Waals surface area contributed by atoms with Gasteiger partial charge in [-0.05, 0) is 75.0 Å². The summed E-state index contributed by atoms with van der Waals surface area (Å²) in [4.78, 5) is 26.9. The summed E-state index contributed by atoms with van der Waals surface area (Å²) in [5, 5.41) is 9.97. The molecule has 1 saturated heterocycles. The fourth-order valence-corrected chi connectivity index (χ4v) is 7.88. The number of amides is 1. The second-order valence-electron chi connectivity index (χ2n) is 10.9. The molecule has 4 aliphatic carbocycles. The minimum Gasteiger partial charge on any atom is -0.395 e. The van der Waals surface area contributed by atoms with Crippen molar-refractivity contribution in [3.8, 4) is 0 Å². The van der Waals surface area contributed by atoms with E-state index in [1.165, 1.54) is 37.7 Å². The quantitative estimate of drug-likeness (QED) is 0.758. The Labute approximate surface area is 190 Å². The number of carbonyl (C=O) groups is 1. The van der Waals surface area contributed by atoms with E-state index in [9.17, 15) is 9.90 Å². The van der Waals surface area contributed by atoms with E-state index in [4.69, 9.17) is 9.72 Å². The van der Waals surface area contributed by atoms with Crippen LogP contribution in [0.25, 0.3) is 0 Å². The fourth-order valence-electron chi connectivity index (χ4n) is 7.88. The summed E-state index contributed by atoms with van der Waals surface area (Å²) in [5.41, 5.74) is 2.19. The minimum absolute atomic E-state index is 0.0885. The van der Waals surface area contributed by atoms with Crippen LogP contribution in [0, 0.1) is 29.6 Å². The highest BCUT2D eigenvalue weighted by molar-refractivity contribution is 5.79. The SMILES string of the molecule is O=C(C1CCOCC1)N1CCc2c(ncnc2N(CCO)C2C3CC4CC(C3)CC2C4)C1. The van der Waals surface area contributed by atoms with Gasteiger partial charge in [0.15, 0.2) is 0 Å². The summed E-state index contributed by atoms with van der Waals surface area (Å²) in [6.07, 6.45) is 11.0. The van der Waals surface area contributed by atoms with Crippen LogP contribution in [0.15, 0.2) is 6.33 Å². The number of nitrogens with zero attached hydrogens (tertiary/aromatic N) is 4. The van der Waals surface area contributed by atoms with E-state index >= 15 is 0 Å². The van der Waals surface area contributed by atoms with Crippen molar-refractivity contribution < 1.29 is 14.6 Å². The topological polar surface area (TPSA) is 78.8 Å². The third-order valence-corrected chi connectivity index (χ3v) is 9.02. The van der Waals surface area contributed by atoms with E-state index in [-0.39, 0.29) is 18.4 Å². The van der Waals surface area contributed by atoms with E-state index in [1.54, 1.807) is 6.33 Å². The molecule has 6 aliphatic rings. The molecule has 174 valence electrons. The van der Waals surface area contributed by atoms with E-state index < -0.39 is 0 Å². The normalized spacial score (nSPS) is 33.9. The highest BCUT2D eigenvalue weighted by atomic mass is 16.5. The fraction of sp³-hybridized carbons (Fsp3) is 0.800. The van der Waals surface area contributed by atoms with Crippen LogP contribution in [0.4, 0.5) is 5.82 Å². The predicted molar refractivity (Wildman–Crippen MR) is 120 cm³/mol. The monoisotopic (exact) mass is 440 g/mol. The average Bonchev–Trinajstić information content (AvgIpc) is 2.82. The highest BCUT2D eigenvalue weighted by Gasteiger charge is 2.50. The van der Waals surface area contributed by atoms with Gasteiger partial charge in [0, 0.05) is 43.8 Å². The molecule has 0 spiro atoms. The van der Waals surface area contributed by atoms with Crippen LogP contribution in [-0.4, -0.2) is 64.8 Å². The molecular weight excluding hydrogens is 404 g/mol. The van der Waals surface area contributed by atoms with Gasteiger partial charge in [-0.1, -0.05) is 0 Å². The molecule has 4 saturated carbocycles. The third-order valence-electron chi connectivity index (χ3n) is 9.02. The van der Waals surface area contributed by atoms with Crippen molar-refractivity contribution in [3.63, 3.8) is 0 Å². The Hall–Kier alpha value is -1.73. The van der Waals surface area contributed by atoms with Crippen molar-refractivity contribution >= 4 is 11.7 Å². The van der Waals surface area contributed by atoms with Crippen LogP contribution in [0.3, 0.4) is 0 Å². The number of carbonyl (C=O) groups excluding carboxylic acids is 1. The van der Waals surface area contributed by atoms with Crippen molar-refractivity contribution in [2.75, 3.05) is 37.8 Å². The molecule has 2 aliphatic heterocycles. The first kappa shape index (κ1) is 20.8. The standard InChI is InChI=1S/C25H36N4O3/c30-6-5-29(23-19-10-16-9-17(12-19)13-20(23)11-16)24-21-1-4-28(14-22(21)26-15-27-24)25(31)18-2-7-32-8-3-18/h15-20,23,30H,1-14H2. The first-order valence-electron chi connectivity index (χ1n) is 12.8. The number of hydrogen-bond donors (Lipinski definition) is 1.